The Morgan fingerprint density at radius 1 is 1.13 bits per heavy atom. The summed E-state index contributed by atoms with van der Waals surface area (Å²) >= 11 is 3.48. The highest BCUT2D eigenvalue weighted by Gasteiger charge is 2.22. The maximum absolute atomic E-state index is 13.7. The van der Waals surface area contributed by atoms with Gasteiger partial charge in [-0.05, 0) is 49.2 Å². The highest BCUT2D eigenvalue weighted by atomic mass is 79.9. The fraction of sp³-hybridized carbons (Fsp3) is 0.290. The first-order valence-corrected chi connectivity index (χ1v) is 13.9. The molecule has 7 nitrogen and oxygen atoms in total. The number of benzene rings is 3. The van der Waals surface area contributed by atoms with Crippen molar-refractivity contribution in [1.29, 1.82) is 5.26 Å². The standard InChI is InChI=1S/C31H30BrN5O2/c1-36(2)26-14-12-23(29(17-26)39-20-24-11-7-6-10-22(24)18-33)19-34-37-30(21-8-4-3-5-9-21)35-28-15-13-25(32)16-27(28)31(37)38/h6-7,10-17,19,21H,3-5,8-9,20H2,1-2H3. The number of rotatable bonds is 7. The van der Waals surface area contributed by atoms with Crippen LogP contribution in [-0.2, 0) is 6.61 Å². The molecule has 0 radical (unpaired) electrons. The van der Waals surface area contributed by atoms with Gasteiger partial charge < -0.3 is 9.64 Å². The van der Waals surface area contributed by atoms with Gasteiger partial charge in [0.15, 0.2) is 0 Å². The molecule has 0 spiro atoms. The lowest BCUT2D eigenvalue weighted by atomic mass is 9.88. The molecule has 4 aromatic rings. The molecule has 0 bridgehead atoms. The first kappa shape index (κ1) is 26.6. The van der Waals surface area contributed by atoms with Crippen LogP contribution in [0.15, 0.2) is 75.0 Å². The highest BCUT2D eigenvalue weighted by molar-refractivity contribution is 9.10. The Kier molecular flexibility index (Phi) is 8.08. The van der Waals surface area contributed by atoms with E-state index in [1.165, 1.54) is 11.1 Å². The third-order valence-electron chi connectivity index (χ3n) is 7.15. The maximum atomic E-state index is 13.7. The molecule has 198 valence electrons. The van der Waals surface area contributed by atoms with E-state index in [-0.39, 0.29) is 18.1 Å². The van der Waals surface area contributed by atoms with Gasteiger partial charge in [0.05, 0.1) is 28.8 Å². The summed E-state index contributed by atoms with van der Waals surface area (Å²) in [5.74, 6) is 1.51. The van der Waals surface area contributed by atoms with E-state index in [1.807, 2.05) is 67.5 Å². The van der Waals surface area contributed by atoms with Gasteiger partial charge >= 0.3 is 0 Å². The lowest BCUT2D eigenvalue weighted by Gasteiger charge is -2.23. The van der Waals surface area contributed by atoms with Gasteiger partial charge in [0.25, 0.3) is 5.56 Å². The number of ether oxygens (including phenoxy) is 1. The summed E-state index contributed by atoms with van der Waals surface area (Å²) in [6.07, 6.45) is 7.11. The second-order valence-corrected chi connectivity index (χ2v) is 10.9. The normalized spacial score (nSPS) is 14.0. The SMILES string of the molecule is CN(C)c1ccc(C=Nn2c(C3CCCCC3)nc3ccc(Br)cc3c2=O)c(OCc2ccccc2C#N)c1. The zero-order chi connectivity index (χ0) is 27.4. The Balaban J connectivity index is 1.56. The Bertz CT molecular complexity index is 1630. The van der Waals surface area contributed by atoms with E-state index in [0.717, 1.165) is 47.0 Å². The Morgan fingerprint density at radius 3 is 2.69 bits per heavy atom. The minimum atomic E-state index is -0.187. The van der Waals surface area contributed by atoms with Crippen molar-refractivity contribution in [3.05, 3.63) is 98.0 Å². The van der Waals surface area contributed by atoms with E-state index < -0.39 is 0 Å². The molecule has 1 aliphatic carbocycles. The first-order chi connectivity index (χ1) is 18.9. The predicted octanol–water partition coefficient (Wildman–Crippen LogP) is 6.61. The molecular weight excluding hydrogens is 554 g/mol. The van der Waals surface area contributed by atoms with Gasteiger partial charge in [-0.15, -0.1) is 0 Å². The van der Waals surface area contributed by atoms with E-state index in [2.05, 4.69) is 22.0 Å². The Labute approximate surface area is 236 Å². The van der Waals surface area contributed by atoms with Gasteiger partial charge in [-0.1, -0.05) is 53.4 Å². The molecule has 0 amide bonds. The lowest BCUT2D eigenvalue weighted by molar-refractivity contribution is 0.305. The van der Waals surface area contributed by atoms with Crippen LogP contribution in [0, 0.1) is 11.3 Å². The lowest BCUT2D eigenvalue weighted by Crippen LogP contribution is -2.25. The van der Waals surface area contributed by atoms with E-state index in [9.17, 15) is 10.1 Å². The van der Waals surface area contributed by atoms with Crippen molar-refractivity contribution in [2.75, 3.05) is 19.0 Å². The summed E-state index contributed by atoms with van der Waals surface area (Å²) in [6, 6.07) is 21.1. The van der Waals surface area contributed by atoms with Crippen molar-refractivity contribution in [2.24, 2.45) is 5.10 Å². The average molecular weight is 585 g/mol. The minimum Gasteiger partial charge on any atom is -0.488 e. The number of hydrogen-bond donors (Lipinski definition) is 0. The van der Waals surface area contributed by atoms with Crippen LogP contribution in [0.1, 0.15) is 60.5 Å². The molecule has 0 saturated heterocycles. The van der Waals surface area contributed by atoms with Crippen LogP contribution >= 0.6 is 15.9 Å². The molecule has 39 heavy (non-hydrogen) atoms. The van der Waals surface area contributed by atoms with Crippen LogP contribution in [0.5, 0.6) is 5.75 Å². The van der Waals surface area contributed by atoms with Crippen molar-refractivity contribution in [3.8, 4) is 11.8 Å². The maximum Gasteiger partial charge on any atom is 0.282 e. The van der Waals surface area contributed by atoms with Gasteiger partial charge in [-0.2, -0.15) is 15.0 Å². The molecule has 1 heterocycles. The van der Waals surface area contributed by atoms with E-state index in [0.29, 0.717) is 28.0 Å². The van der Waals surface area contributed by atoms with Crippen LogP contribution < -0.4 is 15.2 Å². The molecule has 1 fully saturated rings. The second-order valence-electron chi connectivity index (χ2n) is 10.0. The summed E-state index contributed by atoms with van der Waals surface area (Å²) in [5, 5.41) is 14.7. The molecule has 8 heteroatoms. The summed E-state index contributed by atoms with van der Waals surface area (Å²) in [6.45, 7) is 0.236. The smallest absolute Gasteiger partial charge is 0.282 e. The third kappa shape index (κ3) is 5.89. The molecule has 0 N–H and O–H groups in total. The molecular formula is C31H30BrN5O2. The third-order valence-corrected chi connectivity index (χ3v) is 7.64. The fourth-order valence-corrected chi connectivity index (χ4v) is 5.33. The molecule has 0 unspecified atom stereocenters. The number of hydrogen-bond acceptors (Lipinski definition) is 6. The van der Waals surface area contributed by atoms with Crippen LogP contribution in [0.25, 0.3) is 10.9 Å². The number of halogens is 1. The molecule has 0 aliphatic heterocycles. The second kappa shape index (κ2) is 11.8. The van der Waals surface area contributed by atoms with Crippen molar-refractivity contribution in [3.63, 3.8) is 0 Å². The predicted molar refractivity (Wildman–Crippen MR) is 159 cm³/mol. The Hall–Kier alpha value is -3.96. The van der Waals surface area contributed by atoms with Crippen molar-refractivity contribution < 1.29 is 4.74 Å². The van der Waals surface area contributed by atoms with Gasteiger partial charge in [0, 0.05) is 47.4 Å². The minimum absolute atomic E-state index is 0.186. The van der Waals surface area contributed by atoms with E-state index >= 15 is 0 Å². The molecule has 5 rings (SSSR count). The van der Waals surface area contributed by atoms with Gasteiger partial charge in [0.2, 0.25) is 0 Å². The van der Waals surface area contributed by atoms with Gasteiger partial charge in [-0.25, -0.2) is 4.98 Å². The van der Waals surface area contributed by atoms with Crippen molar-refractivity contribution in [2.45, 2.75) is 44.6 Å². The molecule has 1 aliphatic rings. The van der Waals surface area contributed by atoms with Crippen LogP contribution in [0.4, 0.5) is 5.69 Å². The van der Waals surface area contributed by atoms with Crippen molar-refractivity contribution >= 4 is 38.7 Å². The molecule has 1 aromatic heterocycles. The number of anilines is 1. The summed E-state index contributed by atoms with van der Waals surface area (Å²) < 4.78 is 8.52. The van der Waals surface area contributed by atoms with Gasteiger partial charge in [-0.3, -0.25) is 4.79 Å². The number of nitriles is 1. The summed E-state index contributed by atoms with van der Waals surface area (Å²) in [7, 11) is 3.93. The molecule has 0 atom stereocenters. The average Bonchev–Trinajstić information content (AvgIpc) is 2.96. The zero-order valence-electron chi connectivity index (χ0n) is 22.1. The zero-order valence-corrected chi connectivity index (χ0v) is 23.7. The topological polar surface area (TPSA) is 83.5 Å². The highest BCUT2D eigenvalue weighted by Crippen LogP contribution is 2.32. The quantitative estimate of drug-likeness (QED) is 0.229. The monoisotopic (exact) mass is 583 g/mol. The molecule has 1 saturated carbocycles. The fourth-order valence-electron chi connectivity index (χ4n) is 4.97. The first-order valence-electron chi connectivity index (χ1n) is 13.1. The number of fused-ring (bicyclic) bond motifs is 1. The van der Waals surface area contributed by atoms with Crippen LogP contribution in [0.3, 0.4) is 0 Å². The summed E-state index contributed by atoms with van der Waals surface area (Å²) in [4.78, 5) is 20.6. The number of nitrogens with zero attached hydrogens (tertiary/aromatic N) is 5. The van der Waals surface area contributed by atoms with Gasteiger partial charge in [0.1, 0.15) is 18.2 Å². The van der Waals surface area contributed by atoms with E-state index in [1.54, 1.807) is 18.3 Å². The summed E-state index contributed by atoms with van der Waals surface area (Å²) in [5.41, 5.74) is 3.57. The van der Waals surface area contributed by atoms with Crippen molar-refractivity contribution in [1.82, 2.24) is 9.66 Å². The van der Waals surface area contributed by atoms with Crippen LogP contribution in [0.2, 0.25) is 0 Å². The molecule has 3 aromatic carbocycles. The van der Waals surface area contributed by atoms with Crippen LogP contribution in [-0.4, -0.2) is 30.0 Å². The number of aromatic nitrogens is 2. The largest absolute Gasteiger partial charge is 0.488 e. The Morgan fingerprint density at radius 2 is 1.92 bits per heavy atom. The van der Waals surface area contributed by atoms with E-state index in [4.69, 9.17) is 14.8 Å².